The van der Waals surface area contributed by atoms with Gasteiger partial charge in [-0.25, -0.2) is 17.5 Å². The van der Waals surface area contributed by atoms with Gasteiger partial charge in [0.05, 0.1) is 11.4 Å². The van der Waals surface area contributed by atoms with Gasteiger partial charge in [-0.1, -0.05) is 0 Å². The fraction of sp³-hybridized carbons (Fsp3) is 0.600. The molecule has 1 heterocycles. The van der Waals surface area contributed by atoms with Gasteiger partial charge in [-0.2, -0.15) is 13.2 Å². The van der Waals surface area contributed by atoms with E-state index in [1.165, 1.54) is 24.0 Å². The Hall–Kier alpha value is -1.19. The Kier molecular flexibility index (Phi) is 5.87. The predicted molar refractivity (Wildman–Crippen MR) is 81.5 cm³/mol. The summed E-state index contributed by atoms with van der Waals surface area (Å²) < 4.78 is 77.1. The Balaban J connectivity index is 1.86. The van der Waals surface area contributed by atoms with Crippen LogP contribution in [0.25, 0.3) is 0 Å². The van der Waals surface area contributed by atoms with Gasteiger partial charge in [-0.3, -0.25) is 4.90 Å². The smallest absolute Gasteiger partial charge is 0.295 e. The summed E-state index contributed by atoms with van der Waals surface area (Å²) in [5.74, 6) is -0.489. The van der Waals surface area contributed by atoms with Gasteiger partial charge in [0, 0.05) is 6.54 Å². The first-order chi connectivity index (χ1) is 11.1. The zero-order valence-electron chi connectivity index (χ0n) is 13.2. The van der Waals surface area contributed by atoms with Crippen molar-refractivity contribution >= 4 is 10.0 Å². The summed E-state index contributed by atoms with van der Waals surface area (Å²) in [6.45, 7) is 1.30. The summed E-state index contributed by atoms with van der Waals surface area (Å²) in [6, 6.07) is 3.54. The van der Waals surface area contributed by atoms with Crippen molar-refractivity contribution in [1.82, 2.24) is 9.62 Å². The van der Waals surface area contributed by atoms with Gasteiger partial charge in [-0.15, -0.1) is 0 Å². The van der Waals surface area contributed by atoms with E-state index in [-0.39, 0.29) is 22.9 Å². The minimum atomic E-state index is -4.21. The van der Waals surface area contributed by atoms with Crippen molar-refractivity contribution in [1.29, 1.82) is 0 Å². The van der Waals surface area contributed by atoms with Gasteiger partial charge in [0.2, 0.25) is 10.0 Å². The molecule has 9 heteroatoms. The lowest BCUT2D eigenvalue weighted by Gasteiger charge is -2.32. The maximum atomic E-state index is 13.2. The first kappa shape index (κ1) is 19.1. The number of hydrogen-bond acceptors (Lipinski definition) is 3. The highest BCUT2D eigenvalue weighted by Crippen LogP contribution is 2.22. The minimum Gasteiger partial charge on any atom is -0.295 e. The molecule has 1 saturated heterocycles. The van der Waals surface area contributed by atoms with Crippen LogP contribution in [0.15, 0.2) is 23.1 Å². The molecule has 0 atom stereocenters. The lowest BCUT2D eigenvalue weighted by Crippen LogP contribution is -2.42. The summed E-state index contributed by atoms with van der Waals surface area (Å²) in [7, 11) is -3.75. The van der Waals surface area contributed by atoms with E-state index in [0.717, 1.165) is 6.07 Å². The number of rotatable bonds is 5. The van der Waals surface area contributed by atoms with E-state index in [1.807, 2.05) is 0 Å². The first-order valence-corrected chi connectivity index (χ1v) is 9.10. The highest BCUT2D eigenvalue weighted by Gasteiger charge is 2.32. The second-order valence-electron chi connectivity index (χ2n) is 6.10. The molecule has 0 bridgehead atoms. The fourth-order valence-electron chi connectivity index (χ4n) is 2.70. The molecule has 0 spiro atoms. The average Bonchev–Trinajstić information content (AvgIpc) is 2.48. The van der Waals surface area contributed by atoms with Crippen LogP contribution in [0.2, 0.25) is 0 Å². The molecule has 0 aliphatic carbocycles. The molecule has 0 unspecified atom stereocenters. The van der Waals surface area contributed by atoms with Crippen LogP contribution in [-0.2, 0) is 10.0 Å². The Morgan fingerprint density at radius 1 is 1.25 bits per heavy atom. The SMILES string of the molecule is Cc1cc(S(=O)(=O)NCC2CCN(CC(F)(F)F)CC2)ccc1F. The van der Waals surface area contributed by atoms with Crippen molar-refractivity contribution < 1.29 is 26.0 Å². The van der Waals surface area contributed by atoms with E-state index >= 15 is 0 Å². The Labute approximate surface area is 138 Å². The topological polar surface area (TPSA) is 49.4 Å². The summed E-state index contributed by atoms with van der Waals surface area (Å²) in [6.07, 6.45) is -3.21. The molecule has 0 radical (unpaired) electrons. The van der Waals surface area contributed by atoms with E-state index < -0.39 is 28.6 Å². The molecule has 4 nitrogen and oxygen atoms in total. The van der Waals surface area contributed by atoms with Crippen molar-refractivity contribution in [2.24, 2.45) is 5.92 Å². The number of likely N-dealkylation sites (tertiary alicyclic amines) is 1. The number of benzene rings is 1. The van der Waals surface area contributed by atoms with E-state index in [2.05, 4.69) is 4.72 Å². The zero-order valence-corrected chi connectivity index (χ0v) is 14.1. The van der Waals surface area contributed by atoms with E-state index in [1.54, 1.807) is 0 Å². The molecule has 2 rings (SSSR count). The molecular weight excluding hydrogens is 348 g/mol. The predicted octanol–water partition coefficient (Wildman–Crippen LogP) is 2.69. The third-order valence-corrected chi connectivity index (χ3v) is 5.53. The number of sulfonamides is 1. The highest BCUT2D eigenvalue weighted by atomic mass is 32.2. The van der Waals surface area contributed by atoms with Gasteiger partial charge in [0.25, 0.3) is 0 Å². The molecule has 1 aliphatic rings. The van der Waals surface area contributed by atoms with Crippen LogP contribution in [0.3, 0.4) is 0 Å². The maximum absolute atomic E-state index is 13.2. The zero-order chi connectivity index (χ0) is 18.0. The van der Waals surface area contributed by atoms with Crippen LogP contribution in [0.1, 0.15) is 18.4 Å². The van der Waals surface area contributed by atoms with Crippen LogP contribution in [-0.4, -0.2) is 45.7 Å². The number of alkyl halides is 3. The van der Waals surface area contributed by atoms with Gasteiger partial charge in [0.15, 0.2) is 0 Å². The van der Waals surface area contributed by atoms with Crippen molar-refractivity contribution in [3.8, 4) is 0 Å². The fourth-order valence-corrected chi connectivity index (χ4v) is 3.90. The summed E-state index contributed by atoms with van der Waals surface area (Å²) >= 11 is 0. The maximum Gasteiger partial charge on any atom is 0.401 e. The molecule has 24 heavy (non-hydrogen) atoms. The third kappa shape index (κ3) is 5.42. The van der Waals surface area contributed by atoms with Gasteiger partial charge in [0.1, 0.15) is 5.82 Å². The van der Waals surface area contributed by atoms with E-state index in [9.17, 15) is 26.0 Å². The summed E-state index contributed by atoms with van der Waals surface area (Å²) in [5.41, 5.74) is 0.235. The highest BCUT2D eigenvalue weighted by molar-refractivity contribution is 7.89. The van der Waals surface area contributed by atoms with Crippen molar-refractivity contribution in [3.63, 3.8) is 0 Å². The monoisotopic (exact) mass is 368 g/mol. The van der Waals surface area contributed by atoms with Crippen LogP contribution >= 0.6 is 0 Å². The molecular formula is C15H20F4N2O2S. The molecule has 1 N–H and O–H groups in total. The first-order valence-electron chi connectivity index (χ1n) is 7.62. The van der Waals surface area contributed by atoms with Crippen molar-refractivity contribution in [3.05, 3.63) is 29.6 Å². The lowest BCUT2D eigenvalue weighted by molar-refractivity contribution is -0.148. The second-order valence-corrected chi connectivity index (χ2v) is 7.86. The quantitative estimate of drug-likeness (QED) is 0.813. The Morgan fingerprint density at radius 2 is 1.88 bits per heavy atom. The largest absolute Gasteiger partial charge is 0.401 e. The molecule has 1 fully saturated rings. The van der Waals surface area contributed by atoms with E-state index in [4.69, 9.17) is 0 Å². The molecule has 136 valence electrons. The molecule has 0 amide bonds. The normalized spacial score (nSPS) is 18.0. The summed E-state index contributed by atoms with van der Waals surface area (Å²) in [5, 5.41) is 0. The van der Waals surface area contributed by atoms with Crippen LogP contribution in [0.4, 0.5) is 17.6 Å². The van der Waals surface area contributed by atoms with Gasteiger partial charge >= 0.3 is 6.18 Å². The molecule has 1 aromatic rings. The van der Waals surface area contributed by atoms with Crippen molar-refractivity contribution in [2.45, 2.75) is 30.8 Å². The van der Waals surface area contributed by atoms with Gasteiger partial charge < -0.3 is 0 Å². The Morgan fingerprint density at radius 3 is 2.42 bits per heavy atom. The van der Waals surface area contributed by atoms with E-state index in [0.29, 0.717) is 25.9 Å². The molecule has 0 aromatic heterocycles. The Bertz CT molecular complexity index is 669. The number of nitrogens with one attached hydrogen (secondary N) is 1. The standard InChI is InChI=1S/C15H20F4N2O2S/c1-11-8-13(2-3-14(11)16)24(22,23)20-9-12-4-6-21(7-5-12)10-15(17,18)19/h2-3,8,12,20H,4-7,9-10H2,1H3. The molecule has 1 aromatic carbocycles. The number of piperidine rings is 1. The molecule has 1 aliphatic heterocycles. The number of hydrogen-bond donors (Lipinski definition) is 1. The number of halogens is 4. The van der Waals surface area contributed by atoms with Crippen LogP contribution in [0, 0.1) is 18.7 Å². The van der Waals surface area contributed by atoms with Gasteiger partial charge in [-0.05, 0) is 62.5 Å². The van der Waals surface area contributed by atoms with Crippen LogP contribution in [0.5, 0.6) is 0 Å². The lowest BCUT2D eigenvalue weighted by atomic mass is 9.97. The third-order valence-electron chi connectivity index (χ3n) is 4.11. The number of aryl methyl sites for hydroxylation is 1. The molecule has 0 saturated carbocycles. The number of nitrogens with zero attached hydrogens (tertiary/aromatic N) is 1. The second kappa shape index (κ2) is 7.37. The summed E-state index contributed by atoms with van der Waals surface area (Å²) in [4.78, 5) is 1.31. The minimum absolute atomic E-state index is 0.00851. The van der Waals surface area contributed by atoms with Crippen LogP contribution < -0.4 is 4.72 Å². The average molecular weight is 368 g/mol. The van der Waals surface area contributed by atoms with Crippen molar-refractivity contribution in [2.75, 3.05) is 26.2 Å².